The van der Waals surface area contributed by atoms with E-state index < -0.39 is 0 Å². The maximum atomic E-state index is 13.0. The van der Waals surface area contributed by atoms with E-state index in [0.29, 0.717) is 93.1 Å². The van der Waals surface area contributed by atoms with Crippen molar-refractivity contribution in [1.29, 1.82) is 0 Å². The second-order valence-electron chi connectivity index (χ2n) is 17.2. The van der Waals surface area contributed by atoms with Crippen LogP contribution in [0.25, 0.3) is 0 Å². The molecule has 0 aliphatic carbocycles. The summed E-state index contributed by atoms with van der Waals surface area (Å²) >= 11 is 21.0. The van der Waals surface area contributed by atoms with Gasteiger partial charge in [-0.2, -0.15) is 5.10 Å². The lowest BCUT2D eigenvalue weighted by Gasteiger charge is -1.99. The molecule has 0 bridgehead atoms. The Bertz CT molecular complexity index is 3240. The van der Waals surface area contributed by atoms with Crippen molar-refractivity contribution in [3.63, 3.8) is 0 Å². The Balaban J connectivity index is 0.000000346. The zero-order valence-corrected chi connectivity index (χ0v) is 50.3. The molecule has 16 nitrogen and oxygen atoms in total. The summed E-state index contributed by atoms with van der Waals surface area (Å²) in [6.45, 7) is 23.3. The number of hydrogen-bond acceptors (Lipinski definition) is 15. The monoisotopic (exact) mass is 1260 g/mol. The SMILES string of the molecule is C=C(N)CN=Cc1ccc(F)cc1Cl.C=C(N)CN=Cc1ccccc1Br.C=C(N)CN=Cc1ccccc1C.C=C(N)CN=Cc1ccccc1Cl.C=C(N)CN=Cc1ccccc1F.Cc1nnc(N/N=C/c2ccccc2Cl)[nH]c1=O. The molecule has 0 amide bonds. The lowest BCUT2D eigenvalue weighted by Crippen LogP contribution is -2.15. The quantitative estimate of drug-likeness (QED) is 0.0317. The summed E-state index contributed by atoms with van der Waals surface area (Å²) < 4.78 is 26.6. The minimum Gasteiger partial charge on any atom is -0.401 e. The van der Waals surface area contributed by atoms with Crippen LogP contribution >= 0.6 is 50.7 Å². The molecular formula is C62H67BrCl3F2N15O. The van der Waals surface area contributed by atoms with Gasteiger partial charge in [0.1, 0.15) is 17.3 Å². The van der Waals surface area contributed by atoms with Crippen LogP contribution in [0.15, 0.2) is 240 Å². The van der Waals surface area contributed by atoms with E-state index in [4.69, 9.17) is 63.5 Å². The number of aliphatic imine (C=N–C) groups is 5. The third-order valence-corrected chi connectivity index (χ3v) is 11.4. The first-order valence-electron chi connectivity index (χ1n) is 24.9. The van der Waals surface area contributed by atoms with Gasteiger partial charge in [-0.3, -0.25) is 34.7 Å². The van der Waals surface area contributed by atoms with Crippen molar-refractivity contribution >= 4 is 94.0 Å². The van der Waals surface area contributed by atoms with E-state index in [0.717, 1.165) is 26.7 Å². The van der Waals surface area contributed by atoms with Crippen LogP contribution in [0.1, 0.15) is 44.6 Å². The van der Waals surface area contributed by atoms with E-state index in [-0.39, 0.29) is 23.1 Å². The highest BCUT2D eigenvalue weighted by Crippen LogP contribution is 2.17. The molecule has 0 saturated heterocycles. The number of rotatable bonds is 18. The van der Waals surface area contributed by atoms with Gasteiger partial charge in [-0.15, -0.1) is 10.2 Å². The number of hydrogen-bond donors (Lipinski definition) is 7. The highest BCUT2D eigenvalue weighted by Gasteiger charge is 2.01. The van der Waals surface area contributed by atoms with E-state index >= 15 is 0 Å². The molecule has 438 valence electrons. The highest BCUT2D eigenvalue weighted by molar-refractivity contribution is 9.10. The molecule has 0 spiro atoms. The van der Waals surface area contributed by atoms with Crippen LogP contribution < -0.4 is 39.7 Å². The summed E-state index contributed by atoms with van der Waals surface area (Å²) in [5, 5.41) is 12.9. The molecule has 12 N–H and O–H groups in total. The number of benzene rings is 6. The van der Waals surface area contributed by atoms with E-state index in [2.05, 4.69) is 112 Å². The molecule has 0 unspecified atom stereocenters. The summed E-state index contributed by atoms with van der Waals surface area (Å²) in [6, 6.07) is 41.2. The molecule has 0 saturated carbocycles. The molecule has 0 atom stereocenters. The summed E-state index contributed by atoms with van der Waals surface area (Å²) in [6.07, 6.45) is 9.82. The lowest BCUT2D eigenvalue weighted by atomic mass is 10.1. The predicted molar refractivity (Wildman–Crippen MR) is 354 cm³/mol. The number of aryl methyl sites for hydroxylation is 2. The number of aromatic amines is 1. The number of hydrazone groups is 1. The number of nitrogens with one attached hydrogen (secondary N) is 2. The van der Waals surface area contributed by atoms with Gasteiger partial charge in [0.2, 0.25) is 5.95 Å². The van der Waals surface area contributed by atoms with Crippen LogP contribution in [0.3, 0.4) is 0 Å². The second-order valence-corrected chi connectivity index (χ2v) is 19.3. The first kappa shape index (κ1) is 71.0. The van der Waals surface area contributed by atoms with Crippen LogP contribution in [-0.2, 0) is 0 Å². The number of halogens is 6. The second kappa shape index (κ2) is 40.9. The zero-order chi connectivity index (χ0) is 62.2. The van der Waals surface area contributed by atoms with Gasteiger partial charge in [0.15, 0.2) is 0 Å². The van der Waals surface area contributed by atoms with E-state index in [1.165, 1.54) is 36.2 Å². The largest absolute Gasteiger partial charge is 0.401 e. The molecule has 1 heterocycles. The van der Waals surface area contributed by atoms with Gasteiger partial charge in [0.05, 0.1) is 44.0 Å². The normalized spacial score (nSPS) is 10.6. The molecule has 0 aliphatic heterocycles. The number of aromatic nitrogens is 3. The van der Waals surface area contributed by atoms with Crippen LogP contribution in [-0.4, -0.2) is 85.2 Å². The third-order valence-electron chi connectivity index (χ3n) is 9.63. The molecule has 22 heteroatoms. The number of anilines is 1. The van der Waals surface area contributed by atoms with Gasteiger partial charge in [0, 0.05) is 102 Å². The summed E-state index contributed by atoms with van der Waals surface area (Å²) in [5.41, 5.74) is 38.1. The van der Waals surface area contributed by atoms with Crippen LogP contribution in [0.4, 0.5) is 14.7 Å². The lowest BCUT2D eigenvalue weighted by molar-refractivity contribution is 0.626. The molecule has 7 aromatic rings. The Morgan fingerprint density at radius 3 is 1.33 bits per heavy atom. The minimum absolute atomic E-state index is 0.175. The standard InChI is InChI=1S/C11H10ClN5O.C11H14N2.C10H11BrN2.C10H10ClFN2.C10H11ClN2.C10H11FN2/c1-7-10(18)14-11(17-15-7)16-13-6-8-4-2-3-5-9(8)12;1-9-5-3-4-6-11(9)8-13-7-10(2)12;1-8(12)6-13-7-9-4-2-3-5-10(9)11;1-7(13)5-14-6-8-2-3-9(12)4-10(8)11;2*1-8(12)6-13-7-9-4-2-3-5-10(9)11/h2-6H,1H3,(H2,14,16,17,18);3-6,8H,2,7,12H2,1H3;2-5,7H,1,6,12H2;2-4,6H,1,5,13H2;2*2-5,7H,1,6,12H2/b13-6+;;;;;. The predicted octanol–water partition coefficient (Wildman–Crippen LogP) is 12.1. The molecule has 7 rings (SSSR count). The Kier molecular flexibility index (Phi) is 34.6. The van der Waals surface area contributed by atoms with Crippen molar-refractivity contribution in [2.75, 3.05) is 38.1 Å². The Morgan fingerprint density at radius 2 is 0.893 bits per heavy atom. The molecule has 84 heavy (non-hydrogen) atoms. The fourth-order valence-corrected chi connectivity index (χ4v) is 6.54. The first-order chi connectivity index (χ1) is 40.1. The fourth-order valence-electron chi connectivity index (χ4n) is 5.57. The topological polar surface area (TPSA) is 275 Å². The zero-order valence-electron chi connectivity index (χ0n) is 46.5. The smallest absolute Gasteiger partial charge is 0.274 e. The Hall–Kier alpha value is -9.14. The highest BCUT2D eigenvalue weighted by atomic mass is 79.9. The van der Waals surface area contributed by atoms with Gasteiger partial charge in [0.25, 0.3) is 5.56 Å². The van der Waals surface area contributed by atoms with E-state index in [9.17, 15) is 13.6 Å². The third kappa shape index (κ3) is 32.3. The van der Waals surface area contributed by atoms with Crippen molar-refractivity contribution in [1.82, 2.24) is 15.2 Å². The van der Waals surface area contributed by atoms with Crippen molar-refractivity contribution in [3.8, 4) is 0 Å². The summed E-state index contributed by atoms with van der Waals surface area (Å²) in [5.74, 6) is -0.474. The number of H-pyrrole nitrogens is 1. The maximum Gasteiger partial charge on any atom is 0.274 e. The average molecular weight is 1260 g/mol. The first-order valence-corrected chi connectivity index (χ1v) is 26.9. The Morgan fingerprint density at radius 1 is 0.512 bits per heavy atom. The van der Waals surface area contributed by atoms with Gasteiger partial charge >= 0.3 is 0 Å². The van der Waals surface area contributed by atoms with E-state index in [1.807, 2.05) is 91.1 Å². The van der Waals surface area contributed by atoms with Crippen molar-refractivity contribution in [2.45, 2.75) is 13.8 Å². The van der Waals surface area contributed by atoms with Crippen LogP contribution in [0, 0.1) is 25.5 Å². The van der Waals surface area contributed by atoms with Gasteiger partial charge in [-0.25, -0.2) is 14.2 Å². The minimum atomic E-state index is -0.365. The van der Waals surface area contributed by atoms with Crippen molar-refractivity contribution in [3.05, 3.63) is 287 Å². The van der Waals surface area contributed by atoms with E-state index in [1.54, 1.807) is 55.9 Å². The van der Waals surface area contributed by atoms with Crippen LogP contribution in [0.5, 0.6) is 0 Å². The molecule has 6 aromatic carbocycles. The summed E-state index contributed by atoms with van der Waals surface area (Å²) in [7, 11) is 0. The molecular weight excluding hydrogens is 1200 g/mol. The summed E-state index contributed by atoms with van der Waals surface area (Å²) in [4.78, 5) is 34.0. The molecule has 0 radical (unpaired) electrons. The number of nitrogens with zero attached hydrogens (tertiary/aromatic N) is 8. The van der Waals surface area contributed by atoms with Gasteiger partial charge in [-0.1, -0.05) is 181 Å². The van der Waals surface area contributed by atoms with Gasteiger partial charge < -0.3 is 28.7 Å². The van der Waals surface area contributed by atoms with Gasteiger partial charge in [-0.05, 0) is 67.4 Å². The van der Waals surface area contributed by atoms with Crippen molar-refractivity contribution < 1.29 is 8.78 Å². The van der Waals surface area contributed by atoms with Crippen LogP contribution in [0.2, 0.25) is 15.1 Å². The maximum absolute atomic E-state index is 13.0. The molecule has 0 fully saturated rings. The number of nitrogens with two attached hydrogens (primary N) is 5. The Labute approximate surface area is 512 Å². The molecule has 0 aliphatic rings. The van der Waals surface area contributed by atoms with Crippen molar-refractivity contribution in [2.24, 2.45) is 58.7 Å². The average Bonchev–Trinajstić information content (AvgIpc) is 3.46. The molecule has 1 aromatic heterocycles. The fraction of sp³-hybridized carbons (Fsp3) is 0.113.